The van der Waals surface area contributed by atoms with Gasteiger partial charge in [-0.25, -0.2) is 5.01 Å². The van der Waals surface area contributed by atoms with Crippen molar-refractivity contribution >= 4 is 29.5 Å². The average Bonchev–Trinajstić information content (AvgIpc) is 3.06. The Kier molecular flexibility index (Phi) is 7.68. The van der Waals surface area contributed by atoms with Crippen LogP contribution in [0.5, 0.6) is 11.5 Å². The standard InChI is InChI=1S/C24H26N2O7/c1-3-11-32-20-10-9-16(22(15(20)2)33-14-18(27)13-21(28)29)12-19-23(30)25-26(24(19)31)17-7-5-4-6-8-17/h4-10,12,18,27H,3,11,13-14H2,1-2H3,(H,25,30)(H,28,29)/t18-/m0/s1. The smallest absolute Gasteiger partial charge is 0.306 e. The van der Waals surface area contributed by atoms with Gasteiger partial charge in [-0.2, -0.15) is 0 Å². The fourth-order valence-electron chi connectivity index (χ4n) is 3.28. The maximum Gasteiger partial charge on any atom is 0.306 e. The van der Waals surface area contributed by atoms with Gasteiger partial charge < -0.3 is 19.7 Å². The van der Waals surface area contributed by atoms with Gasteiger partial charge in [0.15, 0.2) is 0 Å². The number of carbonyl (C=O) groups is 3. The van der Waals surface area contributed by atoms with Crippen molar-refractivity contribution in [2.24, 2.45) is 0 Å². The molecule has 2 aromatic carbocycles. The molecule has 174 valence electrons. The Balaban J connectivity index is 1.94. The van der Waals surface area contributed by atoms with Gasteiger partial charge >= 0.3 is 5.97 Å². The maximum absolute atomic E-state index is 12.9. The molecular formula is C24H26N2O7. The fourth-order valence-corrected chi connectivity index (χ4v) is 3.28. The molecule has 1 fully saturated rings. The number of carboxylic acids is 1. The van der Waals surface area contributed by atoms with Crippen LogP contribution in [0.4, 0.5) is 5.69 Å². The van der Waals surface area contributed by atoms with Crippen LogP contribution < -0.4 is 19.9 Å². The van der Waals surface area contributed by atoms with Crippen LogP contribution in [-0.4, -0.2) is 47.3 Å². The monoisotopic (exact) mass is 454 g/mol. The third-order valence-corrected chi connectivity index (χ3v) is 4.88. The zero-order chi connectivity index (χ0) is 24.0. The molecular weight excluding hydrogens is 428 g/mol. The van der Waals surface area contributed by atoms with Gasteiger partial charge in [-0.15, -0.1) is 0 Å². The molecule has 2 amide bonds. The summed E-state index contributed by atoms with van der Waals surface area (Å²) in [5, 5.41) is 20.0. The first-order valence-corrected chi connectivity index (χ1v) is 10.5. The zero-order valence-corrected chi connectivity index (χ0v) is 18.4. The van der Waals surface area contributed by atoms with Gasteiger partial charge in [0.25, 0.3) is 11.8 Å². The molecule has 3 rings (SSSR count). The summed E-state index contributed by atoms with van der Waals surface area (Å²) in [5.74, 6) is -1.40. The molecule has 0 bridgehead atoms. The molecule has 33 heavy (non-hydrogen) atoms. The second kappa shape index (κ2) is 10.6. The van der Waals surface area contributed by atoms with Crippen molar-refractivity contribution in [2.75, 3.05) is 18.2 Å². The third-order valence-electron chi connectivity index (χ3n) is 4.88. The van der Waals surface area contributed by atoms with E-state index in [0.29, 0.717) is 34.9 Å². The van der Waals surface area contributed by atoms with Crippen LogP contribution >= 0.6 is 0 Å². The molecule has 0 aromatic heterocycles. The Morgan fingerprint density at radius 2 is 1.88 bits per heavy atom. The van der Waals surface area contributed by atoms with Crippen LogP contribution in [0.3, 0.4) is 0 Å². The van der Waals surface area contributed by atoms with Crippen LogP contribution in [0.15, 0.2) is 48.0 Å². The van der Waals surface area contributed by atoms with E-state index in [4.69, 9.17) is 14.6 Å². The summed E-state index contributed by atoms with van der Waals surface area (Å²) in [5.41, 5.74) is 4.00. The quantitative estimate of drug-likeness (QED) is 0.372. The highest BCUT2D eigenvalue weighted by Gasteiger charge is 2.34. The maximum atomic E-state index is 12.9. The first kappa shape index (κ1) is 23.8. The number of ether oxygens (including phenoxy) is 2. The minimum atomic E-state index is -1.23. The minimum absolute atomic E-state index is 0.0867. The lowest BCUT2D eigenvalue weighted by atomic mass is 10.0. The number of carboxylic acid groups (broad SMARTS) is 1. The normalized spacial score (nSPS) is 15.5. The second-order valence-electron chi connectivity index (χ2n) is 7.49. The Labute approximate surface area is 191 Å². The molecule has 1 saturated heterocycles. The Hall–Kier alpha value is -3.85. The minimum Gasteiger partial charge on any atom is -0.493 e. The highest BCUT2D eigenvalue weighted by atomic mass is 16.5. The SMILES string of the molecule is CCCOc1ccc(C=C2C(=O)NN(c3ccccc3)C2=O)c(OC[C@@H](O)CC(=O)O)c1C. The molecule has 9 nitrogen and oxygen atoms in total. The largest absolute Gasteiger partial charge is 0.493 e. The summed E-state index contributed by atoms with van der Waals surface area (Å²) < 4.78 is 11.5. The summed E-state index contributed by atoms with van der Waals surface area (Å²) in [7, 11) is 0. The molecule has 3 N–H and O–H groups in total. The third kappa shape index (κ3) is 5.69. The number of anilines is 1. The molecule has 1 aliphatic heterocycles. The molecule has 0 radical (unpaired) electrons. The molecule has 0 aliphatic carbocycles. The lowest BCUT2D eigenvalue weighted by Gasteiger charge is -2.18. The number of hydrogen-bond donors (Lipinski definition) is 3. The van der Waals surface area contributed by atoms with Crippen molar-refractivity contribution in [2.45, 2.75) is 32.8 Å². The van der Waals surface area contributed by atoms with E-state index in [2.05, 4.69) is 5.43 Å². The van der Waals surface area contributed by atoms with E-state index < -0.39 is 30.3 Å². The Morgan fingerprint density at radius 1 is 1.15 bits per heavy atom. The predicted octanol–water partition coefficient (Wildman–Crippen LogP) is 2.46. The Morgan fingerprint density at radius 3 is 2.55 bits per heavy atom. The van der Waals surface area contributed by atoms with Crippen molar-refractivity contribution in [1.82, 2.24) is 5.43 Å². The van der Waals surface area contributed by atoms with Crippen molar-refractivity contribution in [3.63, 3.8) is 0 Å². The number of aliphatic hydroxyl groups excluding tert-OH is 1. The van der Waals surface area contributed by atoms with E-state index in [1.165, 1.54) is 6.08 Å². The van der Waals surface area contributed by atoms with Gasteiger partial charge in [0.05, 0.1) is 24.8 Å². The highest BCUT2D eigenvalue weighted by molar-refractivity contribution is 6.31. The number of amides is 2. The number of nitrogens with one attached hydrogen (secondary N) is 1. The molecule has 1 heterocycles. The van der Waals surface area contributed by atoms with Gasteiger partial charge in [0.1, 0.15) is 23.7 Å². The van der Waals surface area contributed by atoms with Gasteiger partial charge in [-0.3, -0.25) is 19.8 Å². The Bertz CT molecular complexity index is 1070. The fraction of sp³-hybridized carbons (Fsp3) is 0.292. The molecule has 0 saturated carbocycles. The summed E-state index contributed by atoms with van der Waals surface area (Å²) in [6.45, 7) is 3.92. The number of hydrogen-bond acceptors (Lipinski definition) is 6. The predicted molar refractivity (Wildman–Crippen MR) is 121 cm³/mol. The molecule has 1 atom stereocenters. The van der Waals surface area contributed by atoms with E-state index >= 15 is 0 Å². The van der Waals surface area contributed by atoms with Crippen molar-refractivity contribution in [3.05, 3.63) is 59.2 Å². The number of aliphatic carboxylic acids is 1. The first-order chi connectivity index (χ1) is 15.8. The first-order valence-electron chi connectivity index (χ1n) is 10.5. The summed E-state index contributed by atoms with van der Waals surface area (Å²) >= 11 is 0. The summed E-state index contributed by atoms with van der Waals surface area (Å²) in [6.07, 6.45) is 0.500. The van der Waals surface area contributed by atoms with Crippen LogP contribution in [0.1, 0.15) is 30.9 Å². The van der Waals surface area contributed by atoms with E-state index in [9.17, 15) is 19.5 Å². The number of para-hydroxylation sites is 1. The molecule has 1 aliphatic rings. The van der Waals surface area contributed by atoms with E-state index in [-0.39, 0.29) is 12.2 Å². The van der Waals surface area contributed by atoms with Crippen LogP contribution in [-0.2, 0) is 14.4 Å². The average molecular weight is 454 g/mol. The van der Waals surface area contributed by atoms with Gasteiger partial charge in [0.2, 0.25) is 0 Å². The number of benzene rings is 2. The van der Waals surface area contributed by atoms with Gasteiger partial charge in [0, 0.05) is 11.1 Å². The molecule has 0 spiro atoms. The van der Waals surface area contributed by atoms with Crippen LogP contribution in [0.25, 0.3) is 6.08 Å². The number of nitrogens with zero attached hydrogens (tertiary/aromatic N) is 1. The topological polar surface area (TPSA) is 125 Å². The zero-order valence-electron chi connectivity index (χ0n) is 18.4. The lowest BCUT2D eigenvalue weighted by Crippen LogP contribution is -2.35. The summed E-state index contributed by atoms with van der Waals surface area (Å²) in [6, 6.07) is 12.1. The van der Waals surface area contributed by atoms with Crippen LogP contribution in [0.2, 0.25) is 0 Å². The highest BCUT2D eigenvalue weighted by Crippen LogP contribution is 2.34. The number of aliphatic hydroxyl groups is 1. The number of rotatable bonds is 10. The van der Waals surface area contributed by atoms with Crippen molar-refractivity contribution in [3.8, 4) is 11.5 Å². The van der Waals surface area contributed by atoms with Crippen LogP contribution in [0, 0.1) is 6.92 Å². The molecule has 0 unspecified atom stereocenters. The lowest BCUT2D eigenvalue weighted by molar-refractivity contribution is -0.139. The number of hydrazine groups is 1. The van der Waals surface area contributed by atoms with Crippen molar-refractivity contribution in [1.29, 1.82) is 0 Å². The summed E-state index contributed by atoms with van der Waals surface area (Å²) in [4.78, 5) is 36.3. The molecule has 9 heteroatoms. The molecule has 2 aromatic rings. The van der Waals surface area contributed by atoms with E-state index in [1.807, 2.05) is 6.92 Å². The van der Waals surface area contributed by atoms with Gasteiger partial charge in [-0.1, -0.05) is 25.1 Å². The van der Waals surface area contributed by atoms with E-state index in [0.717, 1.165) is 11.4 Å². The van der Waals surface area contributed by atoms with Gasteiger partial charge in [-0.05, 0) is 43.7 Å². The van der Waals surface area contributed by atoms with E-state index in [1.54, 1.807) is 49.4 Å². The number of carbonyl (C=O) groups excluding carboxylic acids is 2. The van der Waals surface area contributed by atoms with Crippen molar-refractivity contribution < 1.29 is 34.1 Å². The second-order valence-corrected chi connectivity index (χ2v) is 7.49.